The molecule has 0 spiro atoms. The molecule has 4 heterocycles. The lowest BCUT2D eigenvalue weighted by Crippen LogP contribution is -2.38. The van der Waals surface area contributed by atoms with Gasteiger partial charge in [0.25, 0.3) is 5.56 Å². The Balaban J connectivity index is 1.48. The van der Waals surface area contributed by atoms with Crippen molar-refractivity contribution in [2.75, 3.05) is 31.1 Å². The van der Waals surface area contributed by atoms with Crippen LogP contribution in [0.1, 0.15) is 25.7 Å². The highest BCUT2D eigenvalue weighted by molar-refractivity contribution is 6.30. The van der Waals surface area contributed by atoms with Crippen LogP contribution in [0.25, 0.3) is 22.3 Å². The molecule has 0 amide bonds. The van der Waals surface area contributed by atoms with E-state index in [0.717, 1.165) is 47.6 Å². The van der Waals surface area contributed by atoms with Crippen molar-refractivity contribution in [3.05, 3.63) is 57.8 Å². The molecule has 7 rings (SSSR count). The zero-order valence-electron chi connectivity index (χ0n) is 17.6. The molecule has 0 atom stereocenters. The highest BCUT2D eigenvalue weighted by atomic mass is 35.5. The molecular weight excluding hydrogens is 408 g/mol. The number of piperidine rings is 1. The normalized spacial score (nSPS) is 23.3. The third kappa shape index (κ3) is 3.64. The number of halogens is 1. The summed E-state index contributed by atoms with van der Waals surface area (Å²) < 4.78 is 1.88. The van der Waals surface area contributed by atoms with Gasteiger partial charge in [0, 0.05) is 55.0 Å². The maximum Gasteiger partial charge on any atom is 0.261 e. The molecule has 4 aliphatic rings. The summed E-state index contributed by atoms with van der Waals surface area (Å²) in [5, 5.41) is 1.38. The summed E-state index contributed by atoms with van der Waals surface area (Å²) in [6, 6.07) is 14.5. The number of fused-ring (bicyclic) bond motifs is 5. The molecule has 3 aliphatic heterocycles. The molecule has 3 saturated heterocycles. The van der Waals surface area contributed by atoms with Crippen molar-refractivity contribution in [1.82, 2.24) is 14.5 Å². The van der Waals surface area contributed by atoms with E-state index in [9.17, 15) is 4.79 Å². The first-order valence-electron chi connectivity index (χ1n) is 11.5. The molecule has 0 N–H and O–H groups in total. The number of hydrogen-bond donors (Lipinski definition) is 0. The van der Waals surface area contributed by atoms with Gasteiger partial charge in [-0.25, -0.2) is 4.98 Å². The van der Waals surface area contributed by atoms with Gasteiger partial charge < -0.3 is 9.80 Å². The predicted octanol–water partition coefficient (Wildman–Crippen LogP) is 4.41. The molecule has 0 radical (unpaired) electrons. The highest BCUT2D eigenvalue weighted by Crippen LogP contribution is 2.33. The summed E-state index contributed by atoms with van der Waals surface area (Å²) >= 11 is 6.25. The van der Waals surface area contributed by atoms with Crippen LogP contribution in [0, 0.1) is 5.92 Å². The van der Waals surface area contributed by atoms with Crippen LogP contribution in [0.3, 0.4) is 0 Å². The standard InChI is InChI=1S/C25H27ClN4O/c26-19-3-1-2-18(14-19)24-27-23-7-6-21(29-13-12-28-10-8-20(29)9-11-28)15-22(23)25(31)30(24)16-17-4-5-17/h1-3,6-7,14-15,17,20H,4-5,8-13,16H2. The molecule has 5 nitrogen and oxygen atoms in total. The van der Waals surface area contributed by atoms with E-state index >= 15 is 0 Å². The molecule has 2 bridgehead atoms. The van der Waals surface area contributed by atoms with Crippen molar-refractivity contribution in [2.45, 2.75) is 38.3 Å². The van der Waals surface area contributed by atoms with Crippen molar-refractivity contribution in [3.63, 3.8) is 0 Å². The number of aromatic nitrogens is 2. The Morgan fingerprint density at radius 3 is 2.58 bits per heavy atom. The Hall–Kier alpha value is -2.37. The molecule has 0 unspecified atom stereocenters. The topological polar surface area (TPSA) is 41.4 Å². The van der Waals surface area contributed by atoms with Crippen molar-refractivity contribution in [3.8, 4) is 11.4 Å². The number of benzene rings is 2. The molecule has 2 aromatic carbocycles. The van der Waals surface area contributed by atoms with Crippen molar-refractivity contribution >= 4 is 28.2 Å². The quantitative estimate of drug-likeness (QED) is 0.609. The molecule has 1 aliphatic carbocycles. The molecule has 1 aromatic heterocycles. The molecule has 160 valence electrons. The molecular formula is C25H27ClN4O. The smallest absolute Gasteiger partial charge is 0.261 e. The fraction of sp³-hybridized carbons (Fsp3) is 0.440. The van der Waals surface area contributed by atoms with E-state index < -0.39 is 0 Å². The van der Waals surface area contributed by atoms with Gasteiger partial charge in [-0.2, -0.15) is 0 Å². The summed E-state index contributed by atoms with van der Waals surface area (Å²) in [5.74, 6) is 1.30. The predicted molar refractivity (Wildman–Crippen MR) is 126 cm³/mol. The lowest BCUT2D eigenvalue weighted by molar-refractivity contribution is 0.250. The second-order valence-corrected chi connectivity index (χ2v) is 9.71. The van der Waals surface area contributed by atoms with Gasteiger partial charge in [0.05, 0.1) is 10.9 Å². The van der Waals surface area contributed by atoms with Gasteiger partial charge in [-0.15, -0.1) is 0 Å². The summed E-state index contributed by atoms with van der Waals surface area (Å²) in [6.07, 6.45) is 4.78. The van der Waals surface area contributed by atoms with Gasteiger partial charge in [-0.05, 0) is 61.9 Å². The van der Waals surface area contributed by atoms with Crippen LogP contribution in [0.15, 0.2) is 47.3 Å². The maximum atomic E-state index is 13.7. The second kappa shape index (κ2) is 7.64. The average Bonchev–Trinajstić information content (AvgIpc) is 3.63. The van der Waals surface area contributed by atoms with Crippen molar-refractivity contribution in [2.24, 2.45) is 5.92 Å². The average molecular weight is 435 g/mol. The van der Waals surface area contributed by atoms with Crippen LogP contribution in [-0.4, -0.2) is 46.7 Å². The Morgan fingerprint density at radius 1 is 0.968 bits per heavy atom. The SMILES string of the molecule is O=c1c2cc(N3CCN4CCC3CC4)ccc2nc(-c2cccc(Cl)c2)n1CC1CC1. The van der Waals surface area contributed by atoms with Crippen molar-refractivity contribution in [1.29, 1.82) is 0 Å². The zero-order valence-corrected chi connectivity index (χ0v) is 18.4. The second-order valence-electron chi connectivity index (χ2n) is 9.27. The summed E-state index contributed by atoms with van der Waals surface area (Å²) in [5.41, 5.74) is 2.89. The fourth-order valence-electron chi connectivity index (χ4n) is 5.19. The van der Waals surface area contributed by atoms with Crippen LogP contribution in [0.4, 0.5) is 5.69 Å². The largest absolute Gasteiger partial charge is 0.367 e. The van der Waals surface area contributed by atoms with Gasteiger partial charge in [0.2, 0.25) is 0 Å². The minimum absolute atomic E-state index is 0.0663. The molecule has 6 heteroatoms. The van der Waals surface area contributed by atoms with E-state index in [1.165, 1.54) is 38.8 Å². The van der Waals surface area contributed by atoms with Crippen LogP contribution >= 0.6 is 11.6 Å². The van der Waals surface area contributed by atoms with E-state index in [2.05, 4.69) is 21.9 Å². The van der Waals surface area contributed by atoms with Crippen molar-refractivity contribution < 1.29 is 0 Å². The molecule has 4 fully saturated rings. The van der Waals surface area contributed by atoms with Gasteiger partial charge >= 0.3 is 0 Å². The highest BCUT2D eigenvalue weighted by Gasteiger charge is 2.30. The van der Waals surface area contributed by atoms with Gasteiger partial charge in [-0.1, -0.05) is 23.7 Å². The number of anilines is 1. The van der Waals surface area contributed by atoms with E-state index in [0.29, 0.717) is 17.0 Å². The molecule has 31 heavy (non-hydrogen) atoms. The van der Waals surface area contributed by atoms with Gasteiger partial charge in [0.15, 0.2) is 0 Å². The molecule has 3 aromatic rings. The first kappa shape index (κ1) is 19.3. The third-order valence-electron chi connectivity index (χ3n) is 7.14. The number of rotatable bonds is 4. The fourth-order valence-corrected chi connectivity index (χ4v) is 5.38. The van der Waals surface area contributed by atoms with Gasteiger partial charge in [0.1, 0.15) is 5.82 Å². The lowest BCUT2D eigenvalue weighted by Gasteiger charge is -2.33. The first-order valence-corrected chi connectivity index (χ1v) is 11.8. The minimum atomic E-state index is 0.0663. The summed E-state index contributed by atoms with van der Waals surface area (Å²) in [7, 11) is 0. The van der Waals surface area contributed by atoms with E-state index in [1.54, 1.807) is 0 Å². The van der Waals surface area contributed by atoms with E-state index in [4.69, 9.17) is 16.6 Å². The maximum absolute atomic E-state index is 13.7. The summed E-state index contributed by atoms with van der Waals surface area (Å²) in [6.45, 7) is 5.24. The molecule has 1 saturated carbocycles. The lowest BCUT2D eigenvalue weighted by atomic mass is 10.0. The summed E-state index contributed by atoms with van der Waals surface area (Å²) in [4.78, 5) is 23.7. The van der Waals surface area contributed by atoms with Gasteiger partial charge in [-0.3, -0.25) is 9.36 Å². The number of hydrogen-bond acceptors (Lipinski definition) is 4. The Bertz CT molecular complexity index is 1190. The van der Waals surface area contributed by atoms with Crippen LogP contribution in [0.2, 0.25) is 5.02 Å². The third-order valence-corrected chi connectivity index (χ3v) is 7.38. The Kier molecular flexibility index (Phi) is 4.77. The van der Waals surface area contributed by atoms with E-state index in [-0.39, 0.29) is 5.56 Å². The Labute approximate surface area is 187 Å². The first-order chi connectivity index (χ1) is 15.2. The zero-order chi connectivity index (χ0) is 20.9. The van der Waals surface area contributed by atoms with Crippen LogP contribution < -0.4 is 10.5 Å². The Morgan fingerprint density at radius 2 is 1.81 bits per heavy atom. The minimum Gasteiger partial charge on any atom is -0.367 e. The van der Waals surface area contributed by atoms with Crippen LogP contribution in [-0.2, 0) is 6.54 Å². The van der Waals surface area contributed by atoms with Crippen LogP contribution in [0.5, 0.6) is 0 Å². The number of nitrogens with zero attached hydrogens (tertiary/aromatic N) is 4. The monoisotopic (exact) mass is 434 g/mol. The van der Waals surface area contributed by atoms with E-state index in [1.807, 2.05) is 34.9 Å².